The number of ether oxygens (including phenoxy) is 2. The van der Waals surface area contributed by atoms with Gasteiger partial charge < -0.3 is 20.1 Å². The summed E-state index contributed by atoms with van der Waals surface area (Å²) < 4.78 is 12.6. The summed E-state index contributed by atoms with van der Waals surface area (Å²) in [6.07, 6.45) is 0. The zero-order chi connectivity index (χ0) is 24.3. The fourth-order valence-electron chi connectivity index (χ4n) is 3.25. The quantitative estimate of drug-likeness (QED) is 0.324. The maximum atomic E-state index is 12.3. The van der Waals surface area contributed by atoms with Crippen molar-refractivity contribution in [2.45, 2.75) is 27.3 Å². The molecule has 0 atom stereocenters. The standard InChI is InChI=1S/C22H23BrN4O4S2/c1-11-16(20(28)30-4)19(33-18(11)21(29)31-5)25-22(32)24-15-8-6-7-14(9-15)10-27-13(3)17(23)12(2)26-27/h6-9H,10H2,1-5H3,(H2,24,25,32). The van der Waals surface area contributed by atoms with Crippen molar-refractivity contribution in [1.29, 1.82) is 0 Å². The third kappa shape index (κ3) is 5.43. The predicted octanol–water partition coefficient (Wildman–Crippen LogP) is 5.06. The Labute approximate surface area is 209 Å². The molecule has 0 aliphatic rings. The minimum atomic E-state index is -0.567. The molecule has 2 aromatic heterocycles. The highest BCUT2D eigenvalue weighted by Crippen LogP contribution is 2.34. The zero-order valence-corrected chi connectivity index (χ0v) is 22.0. The van der Waals surface area contributed by atoms with Crippen molar-refractivity contribution in [1.82, 2.24) is 9.78 Å². The number of carbonyl (C=O) groups excluding carboxylic acids is 2. The summed E-state index contributed by atoms with van der Waals surface area (Å²) >= 11 is 10.1. The van der Waals surface area contributed by atoms with Crippen molar-refractivity contribution in [3.05, 3.63) is 61.7 Å². The minimum absolute atomic E-state index is 0.246. The molecule has 1 aromatic carbocycles. The largest absolute Gasteiger partial charge is 0.465 e. The molecule has 3 rings (SSSR count). The fraction of sp³-hybridized carbons (Fsp3) is 0.273. The van der Waals surface area contributed by atoms with E-state index >= 15 is 0 Å². The predicted molar refractivity (Wildman–Crippen MR) is 137 cm³/mol. The first kappa shape index (κ1) is 24.9. The number of anilines is 2. The van der Waals surface area contributed by atoms with E-state index in [9.17, 15) is 9.59 Å². The first-order valence-corrected chi connectivity index (χ1v) is 11.8. The Morgan fingerprint density at radius 3 is 2.45 bits per heavy atom. The van der Waals surface area contributed by atoms with Gasteiger partial charge >= 0.3 is 11.9 Å². The number of nitrogens with one attached hydrogen (secondary N) is 2. The number of hydrogen-bond donors (Lipinski definition) is 2. The molecule has 11 heteroatoms. The number of rotatable bonds is 6. The lowest BCUT2D eigenvalue weighted by atomic mass is 10.1. The lowest BCUT2D eigenvalue weighted by Gasteiger charge is -2.12. The smallest absolute Gasteiger partial charge is 0.348 e. The molecule has 174 valence electrons. The van der Waals surface area contributed by atoms with Gasteiger partial charge in [-0.2, -0.15) is 5.10 Å². The second-order valence-electron chi connectivity index (χ2n) is 7.17. The van der Waals surface area contributed by atoms with Crippen LogP contribution in [0.3, 0.4) is 0 Å². The van der Waals surface area contributed by atoms with E-state index in [1.807, 2.05) is 42.8 Å². The molecule has 3 aromatic rings. The van der Waals surface area contributed by atoms with Crippen molar-refractivity contribution >= 4 is 67.2 Å². The number of thiophene rings is 1. The Kier molecular flexibility index (Phi) is 7.88. The van der Waals surface area contributed by atoms with E-state index in [4.69, 9.17) is 21.7 Å². The van der Waals surface area contributed by atoms with Gasteiger partial charge in [0.15, 0.2) is 5.11 Å². The molecule has 0 radical (unpaired) electrons. The summed E-state index contributed by atoms with van der Waals surface area (Å²) in [6, 6.07) is 7.78. The van der Waals surface area contributed by atoms with Crippen LogP contribution in [0, 0.1) is 20.8 Å². The number of methoxy groups -OCH3 is 2. The Morgan fingerprint density at radius 1 is 1.15 bits per heavy atom. The first-order valence-electron chi connectivity index (χ1n) is 9.82. The first-order chi connectivity index (χ1) is 15.7. The molecule has 8 nitrogen and oxygen atoms in total. The van der Waals surface area contributed by atoms with Crippen molar-refractivity contribution in [3.8, 4) is 0 Å². The van der Waals surface area contributed by atoms with Crippen LogP contribution in [0.2, 0.25) is 0 Å². The number of thiocarbonyl (C=S) groups is 1. The summed E-state index contributed by atoms with van der Waals surface area (Å²) in [6.45, 7) is 6.23. The summed E-state index contributed by atoms with van der Waals surface area (Å²) in [7, 11) is 2.57. The highest BCUT2D eigenvalue weighted by atomic mass is 79.9. The molecule has 0 aliphatic heterocycles. The third-order valence-electron chi connectivity index (χ3n) is 4.94. The van der Waals surface area contributed by atoms with Crippen LogP contribution >= 0.6 is 39.5 Å². The number of aryl methyl sites for hydroxylation is 1. The molecule has 33 heavy (non-hydrogen) atoms. The van der Waals surface area contributed by atoms with Crippen LogP contribution in [-0.4, -0.2) is 41.1 Å². The van der Waals surface area contributed by atoms with Crippen LogP contribution in [0.4, 0.5) is 10.7 Å². The van der Waals surface area contributed by atoms with E-state index in [0.29, 0.717) is 22.0 Å². The van der Waals surface area contributed by atoms with Gasteiger partial charge in [0.25, 0.3) is 0 Å². The number of halogens is 1. The maximum Gasteiger partial charge on any atom is 0.348 e. The lowest BCUT2D eigenvalue weighted by Crippen LogP contribution is -2.20. The van der Waals surface area contributed by atoms with E-state index in [-0.39, 0.29) is 10.7 Å². The number of carbonyl (C=O) groups is 2. The summed E-state index contributed by atoms with van der Waals surface area (Å²) in [5.74, 6) is -1.10. The van der Waals surface area contributed by atoms with Gasteiger partial charge in [0.2, 0.25) is 0 Å². The molecule has 0 saturated heterocycles. The Hall–Kier alpha value is -2.76. The van der Waals surface area contributed by atoms with Gasteiger partial charge in [-0.05, 0) is 72.2 Å². The monoisotopic (exact) mass is 550 g/mol. The average molecular weight is 551 g/mol. The fourth-order valence-corrected chi connectivity index (χ4v) is 4.94. The summed E-state index contributed by atoms with van der Waals surface area (Å²) in [5, 5.41) is 11.4. The van der Waals surface area contributed by atoms with E-state index in [2.05, 4.69) is 31.7 Å². The van der Waals surface area contributed by atoms with Crippen LogP contribution in [0.25, 0.3) is 0 Å². The molecular weight excluding hydrogens is 528 g/mol. The molecule has 0 amide bonds. The van der Waals surface area contributed by atoms with E-state index in [0.717, 1.165) is 38.4 Å². The van der Waals surface area contributed by atoms with Gasteiger partial charge in [-0.3, -0.25) is 4.68 Å². The number of benzene rings is 1. The summed E-state index contributed by atoms with van der Waals surface area (Å²) in [4.78, 5) is 24.7. The van der Waals surface area contributed by atoms with Gasteiger partial charge in [-0.1, -0.05) is 12.1 Å². The summed E-state index contributed by atoms with van der Waals surface area (Å²) in [5.41, 5.74) is 4.51. The number of esters is 2. The van der Waals surface area contributed by atoms with Crippen molar-refractivity contribution in [2.24, 2.45) is 0 Å². The maximum absolute atomic E-state index is 12.3. The average Bonchev–Trinajstić information content (AvgIpc) is 3.23. The highest BCUT2D eigenvalue weighted by Gasteiger charge is 2.26. The van der Waals surface area contributed by atoms with Crippen LogP contribution < -0.4 is 10.6 Å². The van der Waals surface area contributed by atoms with Crippen LogP contribution in [0.15, 0.2) is 28.7 Å². The number of nitrogens with zero attached hydrogens (tertiary/aromatic N) is 2. The van der Waals surface area contributed by atoms with Crippen molar-refractivity contribution in [3.63, 3.8) is 0 Å². The SMILES string of the molecule is COC(=O)c1sc(NC(=S)Nc2cccc(Cn3nc(C)c(Br)c3C)c2)c(C(=O)OC)c1C. The normalized spacial score (nSPS) is 10.6. The zero-order valence-electron chi connectivity index (χ0n) is 18.7. The topological polar surface area (TPSA) is 94.5 Å². The number of hydrogen-bond acceptors (Lipinski definition) is 7. The van der Waals surface area contributed by atoms with Crippen LogP contribution in [0.5, 0.6) is 0 Å². The molecule has 0 fully saturated rings. The lowest BCUT2D eigenvalue weighted by molar-refractivity contribution is 0.0601. The van der Waals surface area contributed by atoms with Crippen molar-refractivity contribution < 1.29 is 19.1 Å². The second-order valence-corrected chi connectivity index (χ2v) is 9.39. The minimum Gasteiger partial charge on any atom is -0.465 e. The van der Waals surface area contributed by atoms with Gasteiger partial charge in [-0.15, -0.1) is 11.3 Å². The van der Waals surface area contributed by atoms with Gasteiger partial charge in [0.05, 0.1) is 42.2 Å². The van der Waals surface area contributed by atoms with Crippen LogP contribution in [-0.2, 0) is 16.0 Å². The van der Waals surface area contributed by atoms with E-state index in [1.165, 1.54) is 14.2 Å². The molecule has 0 saturated carbocycles. The van der Waals surface area contributed by atoms with E-state index in [1.54, 1.807) is 6.92 Å². The Bertz CT molecular complexity index is 1240. The van der Waals surface area contributed by atoms with Crippen LogP contribution in [0.1, 0.15) is 42.5 Å². The molecule has 0 spiro atoms. The van der Waals surface area contributed by atoms with E-state index < -0.39 is 11.9 Å². The molecule has 2 N–H and O–H groups in total. The highest BCUT2D eigenvalue weighted by molar-refractivity contribution is 9.10. The second kappa shape index (κ2) is 10.4. The molecular formula is C22H23BrN4O4S2. The molecule has 2 heterocycles. The molecule has 0 aliphatic carbocycles. The van der Waals surface area contributed by atoms with Gasteiger partial charge in [0.1, 0.15) is 9.88 Å². The molecule has 0 unspecified atom stereocenters. The van der Waals surface area contributed by atoms with Gasteiger partial charge in [0, 0.05) is 5.69 Å². The third-order valence-corrected chi connectivity index (χ3v) is 7.48. The van der Waals surface area contributed by atoms with Crippen molar-refractivity contribution in [2.75, 3.05) is 24.9 Å². The molecule has 0 bridgehead atoms. The Morgan fingerprint density at radius 2 is 1.85 bits per heavy atom. The van der Waals surface area contributed by atoms with Gasteiger partial charge in [-0.25, -0.2) is 9.59 Å². The Balaban J connectivity index is 1.79. The number of aromatic nitrogens is 2.